The Kier molecular flexibility index (Phi) is 3.47. The Morgan fingerprint density at radius 1 is 1.10 bits per heavy atom. The summed E-state index contributed by atoms with van der Waals surface area (Å²) in [5, 5.41) is 0. The minimum absolute atomic E-state index is 0.102. The van der Waals surface area contributed by atoms with Crippen LogP contribution < -0.4 is 0 Å². The average Bonchev–Trinajstić information content (AvgIpc) is 2.50. The second-order valence-corrected chi connectivity index (χ2v) is 5.67. The van der Waals surface area contributed by atoms with Crippen LogP contribution in [0.15, 0.2) is 30.3 Å². The van der Waals surface area contributed by atoms with E-state index in [-0.39, 0.29) is 23.9 Å². The van der Waals surface area contributed by atoms with Gasteiger partial charge in [0, 0.05) is 13.1 Å². The second kappa shape index (κ2) is 5.27. The van der Waals surface area contributed by atoms with Gasteiger partial charge >= 0.3 is 0 Å². The first kappa shape index (κ1) is 13.2. The van der Waals surface area contributed by atoms with Gasteiger partial charge < -0.3 is 9.80 Å². The first-order chi connectivity index (χ1) is 9.68. The van der Waals surface area contributed by atoms with Gasteiger partial charge in [-0.1, -0.05) is 30.3 Å². The molecule has 0 N–H and O–H groups in total. The number of hydrogen-bond donors (Lipinski definition) is 0. The first-order valence-electron chi connectivity index (χ1n) is 7.33. The molecule has 2 saturated heterocycles. The number of carbonyl (C=O) groups excluding carboxylic acids is 2. The minimum Gasteiger partial charge on any atom is -0.329 e. The predicted octanol–water partition coefficient (Wildman–Crippen LogP) is 1.80. The van der Waals surface area contributed by atoms with E-state index in [0.29, 0.717) is 6.54 Å². The van der Waals surface area contributed by atoms with Crippen molar-refractivity contribution >= 4 is 11.8 Å². The zero-order valence-corrected chi connectivity index (χ0v) is 11.8. The van der Waals surface area contributed by atoms with Crippen LogP contribution in [0.1, 0.15) is 31.7 Å². The molecule has 106 valence electrons. The number of amides is 2. The Labute approximate surface area is 119 Å². The molecular weight excluding hydrogens is 252 g/mol. The number of hydrogen-bond acceptors (Lipinski definition) is 2. The molecule has 2 unspecified atom stereocenters. The van der Waals surface area contributed by atoms with Crippen LogP contribution >= 0.6 is 0 Å². The van der Waals surface area contributed by atoms with Crippen LogP contribution in [-0.4, -0.2) is 40.2 Å². The Hall–Kier alpha value is -1.84. The fraction of sp³-hybridized carbons (Fsp3) is 0.500. The van der Waals surface area contributed by atoms with Crippen LogP contribution in [0.2, 0.25) is 0 Å². The van der Waals surface area contributed by atoms with Crippen molar-refractivity contribution in [2.75, 3.05) is 6.54 Å². The third-order valence-corrected chi connectivity index (χ3v) is 4.37. The van der Waals surface area contributed by atoms with Gasteiger partial charge in [-0.2, -0.15) is 0 Å². The molecule has 0 aliphatic carbocycles. The molecule has 1 aromatic rings. The summed E-state index contributed by atoms with van der Waals surface area (Å²) in [5.41, 5.74) is 1.07. The van der Waals surface area contributed by atoms with Gasteiger partial charge in [-0.15, -0.1) is 0 Å². The van der Waals surface area contributed by atoms with Gasteiger partial charge in [-0.3, -0.25) is 9.59 Å². The third kappa shape index (κ3) is 2.19. The standard InChI is InChI=1S/C16H20N2O2/c1-12-15(19)17-10-6-5-9-14(17)16(20)18(12)11-13-7-3-2-4-8-13/h2-4,7-8,12,14H,5-6,9-11H2,1H3. The molecule has 2 aliphatic rings. The molecule has 0 saturated carbocycles. The molecule has 2 aliphatic heterocycles. The van der Waals surface area contributed by atoms with Gasteiger partial charge in [0.25, 0.3) is 0 Å². The fourth-order valence-electron chi connectivity index (χ4n) is 3.20. The van der Waals surface area contributed by atoms with Gasteiger partial charge in [0.15, 0.2) is 0 Å². The highest BCUT2D eigenvalue weighted by atomic mass is 16.2. The quantitative estimate of drug-likeness (QED) is 0.823. The van der Waals surface area contributed by atoms with Gasteiger partial charge in [-0.25, -0.2) is 0 Å². The van der Waals surface area contributed by atoms with E-state index in [1.165, 1.54) is 0 Å². The lowest BCUT2D eigenvalue weighted by Crippen LogP contribution is -2.64. The van der Waals surface area contributed by atoms with Crippen molar-refractivity contribution in [3.05, 3.63) is 35.9 Å². The molecule has 2 amide bonds. The molecule has 4 nitrogen and oxygen atoms in total. The van der Waals surface area contributed by atoms with E-state index in [9.17, 15) is 9.59 Å². The monoisotopic (exact) mass is 272 g/mol. The minimum atomic E-state index is -0.350. The summed E-state index contributed by atoms with van der Waals surface area (Å²) in [5.74, 6) is 0.214. The van der Waals surface area contributed by atoms with Crippen molar-refractivity contribution in [3.63, 3.8) is 0 Å². The van der Waals surface area contributed by atoms with Crippen molar-refractivity contribution in [2.24, 2.45) is 0 Å². The van der Waals surface area contributed by atoms with Gasteiger partial charge in [0.1, 0.15) is 12.1 Å². The van der Waals surface area contributed by atoms with Crippen molar-refractivity contribution in [3.8, 4) is 0 Å². The largest absolute Gasteiger partial charge is 0.329 e. The van der Waals surface area contributed by atoms with Crippen LogP contribution in [0.4, 0.5) is 0 Å². The van der Waals surface area contributed by atoms with E-state index in [1.54, 1.807) is 9.80 Å². The molecule has 4 heteroatoms. The summed E-state index contributed by atoms with van der Waals surface area (Å²) >= 11 is 0. The SMILES string of the molecule is CC1C(=O)N2CCCCC2C(=O)N1Cc1ccccc1. The first-order valence-corrected chi connectivity index (χ1v) is 7.33. The van der Waals surface area contributed by atoms with Crippen molar-refractivity contribution < 1.29 is 9.59 Å². The smallest absolute Gasteiger partial charge is 0.246 e. The Morgan fingerprint density at radius 3 is 2.60 bits per heavy atom. The van der Waals surface area contributed by atoms with E-state index >= 15 is 0 Å². The molecule has 2 heterocycles. The number of carbonyl (C=O) groups is 2. The zero-order valence-electron chi connectivity index (χ0n) is 11.8. The third-order valence-electron chi connectivity index (χ3n) is 4.37. The number of piperidine rings is 1. The number of piperazine rings is 1. The number of fused-ring (bicyclic) bond motifs is 1. The topological polar surface area (TPSA) is 40.6 Å². The summed E-state index contributed by atoms with van der Waals surface area (Å²) in [4.78, 5) is 28.6. The summed E-state index contributed by atoms with van der Waals surface area (Å²) in [6.07, 6.45) is 2.86. The van der Waals surface area contributed by atoms with E-state index in [1.807, 2.05) is 37.3 Å². The molecule has 0 spiro atoms. The van der Waals surface area contributed by atoms with Crippen LogP contribution in [0.5, 0.6) is 0 Å². The lowest BCUT2D eigenvalue weighted by atomic mass is 9.95. The van der Waals surface area contributed by atoms with E-state index in [2.05, 4.69) is 0 Å². The highest BCUT2D eigenvalue weighted by molar-refractivity contribution is 5.96. The van der Waals surface area contributed by atoms with Crippen LogP contribution in [0, 0.1) is 0 Å². The Balaban J connectivity index is 1.83. The second-order valence-electron chi connectivity index (χ2n) is 5.67. The van der Waals surface area contributed by atoms with Crippen molar-refractivity contribution in [1.29, 1.82) is 0 Å². The molecular formula is C16H20N2O2. The molecule has 3 rings (SSSR count). The summed E-state index contributed by atoms with van der Waals surface area (Å²) < 4.78 is 0. The maximum Gasteiger partial charge on any atom is 0.246 e. The summed E-state index contributed by atoms with van der Waals surface area (Å²) in [7, 11) is 0. The van der Waals surface area contributed by atoms with Crippen molar-refractivity contribution in [2.45, 2.75) is 44.8 Å². The molecule has 2 atom stereocenters. The molecule has 2 fully saturated rings. The predicted molar refractivity (Wildman–Crippen MR) is 75.8 cm³/mol. The van der Waals surface area contributed by atoms with Gasteiger partial charge in [0.2, 0.25) is 11.8 Å². The van der Waals surface area contributed by atoms with E-state index in [0.717, 1.165) is 31.4 Å². The van der Waals surface area contributed by atoms with Crippen LogP contribution in [0.3, 0.4) is 0 Å². The molecule has 0 radical (unpaired) electrons. The molecule has 20 heavy (non-hydrogen) atoms. The van der Waals surface area contributed by atoms with Gasteiger partial charge in [0.05, 0.1) is 0 Å². The summed E-state index contributed by atoms with van der Waals surface area (Å²) in [6.45, 7) is 3.10. The number of nitrogens with zero attached hydrogens (tertiary/aromatic N) is 2. The average molecular weight is 272 g/mol. The molecule has 0 bridgehead atoms. The number of rotatable bonds is 2. The fourth-order valence-corrected chi connectivity index (χ4v) is 3.20. The van der Waals surface area contributed by atoms with E-state index in [4.69, 9.17) is 0 Å². The lowest BCUT2D eigenvalue weighted by molar-refractivity contribution is -0.163. The van der Waals surface area contributed by atoms with Crippen molar-refractivity contribution in [1.82, 2.24) is 9.80 Å². The normalized spacial score (nSPS) is 26.6. The highest BCUT2D eigenvalue weighted by Gasteiger charge is 2.44. The Morgan fingerprint density at radius 2 is 1.85 bits per heavy atom. The highest BCUT2D eigenvalue weighted by Crippen LogP contribution is 2.27. The van der Waals surface area contributed by atoms with Gasteiger partial charge in [-0.05, 0) is 31.7 Å². The molecule has 0 aromatic heterocycles. The number of benzene rings is 1. The van der Waals surface area contributed by atoms with Crippen LogP contribution in [-0.2, 0) is 16.1 Å². The zero-order chi connectivity index (χ0) is 14.1. The Bertz CT molecular complexity index is 514. The molecule has 1 aromatic carbocycles. The summed E-state index contributed by atoms with van der Waals surface area (Å²) in [6, 6.07) is 9.30. The maximum atomic E-state index is 12.7. The van der Waals surface area contributed by atoms with E-state index < -0.39 is 0 Å². The lowest BCUT2D eigenvalue weighted by Gasteiger charge is -2.46. The maximum absolute atomic E-state index is 12.7. The van der Waals surface area contributed by atoms with Crippen LogP contribution in [0.25, 0.3) is 0 Å².